The summed E-state index contributed by atoms with van der Waals surface area (Å²) in [4.78, 5) is 0.595. The number of benzene rings is 1. The van der Waals surface area contributed by atoms with Gasteiger partial charge in [0.25, 0.3) is 0 Å². The lowest BCUT2D eigenvalue weighted by Crippen LogP contribution is -2.23. The molecule has 1 aromatic carbocycles. The van der Waals surface area contributed by atoms with E-state index in [0.29, 0.717) is 10.9 Å². The highest BCUT2D eigenvalue weighted by atomic mass is 32.1. The van der Waals surface area contributed by atoms with Crippen molar-refractivity contribution in [3.8, 4) is 0 Å². The molecule has 0 saturated carbocycles. The van der Waals surface area contributed by atoms with Gasteiger partial charge in [-0.1, -0.05) is 71.1 Å². The van der Waals surface area contributed by atoms with E-state index in [2.05, 4.69) is 58.9 Å². The van der Waals surface area contributed by atoms with E-state index in [-0.39, 0.29) is 11.3 Å². The van der Waals surface area contributed by atoms with Crippen LogP contribution in [0, 0.1) is 5.92 Å². The van der Waals surface area contributed by atoms with E-state index in [1.165, 1.54) is 11.1 Å². The summed E-state index contributed by atoms with van der Waals surface area (Å²) in [5, 5.41) is 0. The zero-order chi connectivity index (χ0) is 13.2. The molecule has 2 atom stereocenters. The molecule has 0 aliphatic heterocycles. The van der Waals surface area contributed by atoms with Crippen molar-refractivity contribution in [3.63, 3.8) is 0 Å². The van der Waals surface area contributed by atoms with Crippen molar-refractivity contribution in [2.24, 2.45) is 11.7 Å². The molecule has 0 aromatic heterocycles. The van der Waals surface area contributed by atoms with Crippen LogP contribution in [-0.4, -0.2) is 4.99 Å². The van der Waals surface area contributed by atoms with Gasteiger partial charge in [0.05, 0.1) is 4.99 Å². The zero-order valence-corrected chi connectivity index (χ0v) is 12.3. The van der Waals surface area contributed by atoms with Gasteiger partial charge >= 0.3 is 0 Å². The highest BCUT2D eigenvalue weighted by molar-refractivity contribution is 7.80. The third-order valence-corrected chi connectivity index (χ3v) is 3.87. The van der Waals surface area contributed by atoms with Crippen LogP contribution >= 0.6 is 12.2 Å². The minimum atomic E-state index is 0.205. The predicted octanol–water partition coefficient (Wildman–Crippen LogP) is 4.01. The van der Waals surface area contributed by atoms with Crippen molar-refractivity contribution in [1.82, 2.24) is 0 Å². The maximum atomic E-state index is 5.70. The van der Waals surface area contributed by atoms with Crippen molar-refractivity contribution >= 4 is 17.2 Å². The number of hydrogen-bond acceptors (Lipinski definition) is 1. The molecule has 94 valence electrons. The molecule has 1 rings (SSSR count). The van der Waals surface area contributed by atoms with Crippen LogP contribution in [0.1, 0.15) is 51.7 Å². The predicted molar refractivity (Wildman–Crippen MR) is 79.5 cm³/mol. The maximum Gasteiger partial charge on any atom is 0.0761 e. The van der Waals surface area contributed by atoms with Gasteiger partial charge in [-0.3, -0.25) is 0 Å². The average Bonchev–Trinajstić information content (AvgIpc) is 2.26. The Hall–Kier alpha value is -0.890. The normalized spacial score (nSPS) is 15.4. The lowest BCUT2D eigenvalue weighted by atomic mass is 9.83. The first-order chi connectivity index (χ1) is 7.73. The van der Waals surface area contributed by atoms with Crippen LogP contribution in [0.3, 0.4) is 0 Å². The fraction of sp³-hybridized carbons (Fsp3) is 0.533. The van der Waals surface area contributed by atoms with E-state index in [9.17, 15) is 0 Å². The van der Waals surface area contributed by atoms with E-state index in [1.54, 1.807) is 0 Å². The van der Waals surface area contributed by atoms with Crippen LogP contribution in [0.4, 0.5) is 0 Å². The lowest BCUT2D eigenvalue weighted by molar-refractivity contribution is 0.587. The van der Waals surface area contributed by atoms with Gasteiger partial charge in [-0.05, 0) is 22.5 Å². The zero-order valence-electron chi connectivity index (χ0n) is 11.4. The Kier molecular flexibility index (Phi) is 4.31. The first-order valence-electron chi connectivity index (χ1n) is 6.13. The first kappa shape index (κ1) is 14.2. The van der Waals surface area contributed by atoms with Gasteiger partial charge in [0, 0.05) is 5.92 Å². The van der Waals surface area contributed by atoms with Crippen LogP contribution < -0.4 is 5.73 Å². The minimum absolute atomic E-state index is 0.205. The van der Waals surface area contributed by atoms with Crippen LogP contribution in [0.25, 0.3) is 0 Å². The second-order valence-corrected chi connectivity index (χ2v) is 6.32. The Morgan fingerprint density at radius 1 is 1.12 bits per heavy atom. The molecule has 0 bridgehead atoms. The fourth-order valence-electron chi connectivity index (χ4n) is 1.82. The van der Waals surface area contributed by atoms with E-state index in [1.807, 2.05) is 0 Å². The second-order valence-electron chi connectivity index (χ2n) is 5.85. The third kappa shape index (κ3) is 3.53. The van der Waals surface area contributed by atoms with E-state index < -0.39 is 0 Å². The summed E-state index contributed by atoms with van der Waals surface area (Å²) in [5.41, 5.74) is 8.57. The van der Waals surface area contributed by atoms with Crippen molar-refractivity contribution in [1.29, 1.82) is 0 Å². The van der Waals surface area contributed by atoms with Gasteiger partial charge in [-0.2, -0.15) is 0 Å². The Morgan fingerprint density at radius 2 is 1.59 bits per heavy atom. The van der Waals surface area contributed by atoms with Gasteiger partial charge in [0.2, 0.25) is 0 Å². The van der Waals surface area contributed by atoms with Crippen LogP contribution in [0.2, 0.25) is 0 Å². The molecule has 0 aliphatic rings. The van der Waals surface area contributed by atoms with E-state index in [4.69, 9.17) is 18.0 Å². The van der Waals surface area contributed by atoms with E-state index in [0.717, 1.165) is 0 Å². The van der Waals surface area contributed by atoms with E-state index >= 15 is 0 Å². The van der Waals surface area contributed by atoms with Crippen molar-refractivity contribution in [2.45, 2.75) is 46.0 Å². The first-order valence-corrected chi connectivity index (χ1v) is 6.54. The molecule has 1 aromatic rings. The van der Waals surface area contributed by atoms with Crippen LogP contribution in [-0.2, 0) is 5.41 Å². The number of hydrogen-bond donors (Lipinski definition) is 1. The average molecular weight is 249 g/mol. The molecule has 1 nitrogen and oxygen atoms in total. The molecule has 0 amide bonds. The molecule has 0 heterocycles. The monoisotopic (exact) mass is 249 g/mol. The summed E-state index contributed by atoms with van der Waals surface area (Å²) in [7, 11) is 0. The summed E-state index contributed by atoms with van der Waals surface area (Å²) in [6.07, 6.45) is 0. The van der Waals surface area contributed by atoms with Gasteiger partial charge < -0.3 is 5.73 Å². The molecular formula is C15H23NS. The molecular weight excluding hydrogens is 226 g/mol. The SMILES string of the molecule is CC(C(N)=S)C(C)c1ccc(C(C)(C)C)cc1. The standard InChI is InChI=1S/C15H23NS/c1-10(11(2)14(16)17)12-6-8-13(9-7-12)15(3,4)5/h6-11H,1-5H3,(H2,16,17). The van der Waals surface area contributed by atoms with Crippen molar-refractivity contribution in [3.05, 3.63) is 35.4 Å². The highest BCUT2D eigenvalue weighted by Gasteiger charge is 2.18. The van der Waals surface area contributed by atoms with Gasteiger partial charge in [0.15, 0.2) is 0 Å². The molecule has 2 heteroatoms. The number of nitrogens with two attached hydrogens (primary N) is 1. The lowest BCUT2D eigenvalue weighted by Gasteiger charge is -2.22. The summed E-state index contributed by atoms with van der Waals surface area (Å²) in [6, 6.07) is 8.80. The maximum absolute atomic E-state index is 5.70. The summed E-state index contributed by atoms with van der Waals surface area (Å²) < 4.78 is 0. The van der Waals surface area contributed by atoms with Gasteiger partial charge in [0.1, 0.15) is 0 Å². The quantitative estimate of drug-likeness (QED) is 0.819. The highest BCUT2D eigenvalue weighted by Crippen LogP contribution is 2.27. The van der Waals surface area contributed by atoms with Crippen molar-refractivity contribution in [2.75, 3.05) is 0 Å². The summed E-state index contributed by atoms with van der Waals surface area (Å²) in [6.45, 7) is 10.9. The van der Waals surface area contributed by atoms with Crippen LogP contribution in [0.15, 0.2) is 24.3 Å². The fourth-order valence-corrected chi connectivity index (χ4v) is 2.03. The number of thiocarbonyl (C=S) groups is 1. The Labute approximate surface area is 110 Å². The molecule has 17 heavy (non-hydrogen) atoms. The largest absolute Gasteiger partial charge is 0.393 e. The molecule has 2 unspecified atom stereocenters. The molecule has 0 aliphatic carbocycles. The minimum Gasteiger partial charge on any atom is -0.393 e. The second kappa shape index (κ2) is 5.18. The number of rotatable bonds is 3. The summed E-state index contributed by atoms with van der Waals surface area (Å²) >= 11 is 5.06. The molecule has 0 fully saturated rings. The van der Waals surface area contributed by atoms with Crippen molar-refractivity contribution < 1.29 is 0 Å². The Morgan fingerprint density at radius 3 is 1.94 bits per heavy atom. The Bertz CT molecular complexity index is 386. The molecule has 0 spiro atoms. The van der Waals surface area contributed by atoms with Crippen LogP contribution in [0.5, 0.6) is 0 Å². The third-order valence-electron chi connectivity index (χ3n) is 3.50. The molecule has 0 radical (unpaired) electrons. The Balaban J connectivity index is 2.92. The molecule has 0 saturated heterocycles. The van der Waals surface area contributed by atoms with Gasteiger partial charge in [-0.25, -0.2) is 0 Å². The smallest absolute Gasteiger partial charge is 0.0761 e. The molecule has 2 N–H and O–H groups in total. The summed E-state index contributed by atoms with van der Waals surface area (Å²) in [5.74, 6) is 0.618. The topological polar surface area (TPSA) is 26.0 Å². The van der Waals surface area contributed by atoms with Gasteiger partial charge in [-0.15, -0.1) is 0 Å².